The Bertz CT molecular complexity index is 586. The number of benzene rings is 1. The summed E-state index contributed by atoms with van der Waals surface area (Å²) in [5, 5.41) is 8.44. The SMILES string of the molecule is NS(=O)(=O)Nc1cccc(NC2CCN(C3CC3)C2)c1. The number of nitrogens with two attached hydrogens (primary N) is 1. The summed E-state index contributed by atoms with van der Waals surface area (Å²) >= 11 is 0. The lowest BCUT2D eigenvalue weighted by atomic mass is 10.2. The van der Waals surface area contributed by atoms with Gasteiger partial charge in [0.1, 0.15) is 0 Å². The zero-order chi connectivity index (χ0) is 14.2. The fourth-order valence-electron chi connectivity index (χ4n) is 2.75. The smallest absolute Gasteiger partial charge is 0.296 e. The average molecular weight is 296 g/mol. The van der Waals surface area contributed by atoms with Gasteiger partial charge in [-0.25, -0.2) is 5.14 Å². The van der Waals surface area contributed by atoms with E-state index < -0.39 is 10.2 Å². The molecule has 2 fully saturated rings. The molecule has 1 heterocycles. The average Bonchev–Trinajstić information content (AvgIpc) is 3.09. The summed E-state index contributed by atoms with van der Waals surface area (Å²) in [4.78, 5) is 2.53. The largest absolute Gasteiger partial charge is 0.381 e. The Morgan fingerprint density at radius 2 is 1.95 bits per heavy atom. The molecule has 0 aromatic heterocycles. The van der Waals surface area contributed by atoms with Gasteiger partial charge in [0.15, 0.2) is 0 Å². The minimum absolute atomic E-state index is 0.431. The number of rotatable bonds is 5. The summed E-state index contributed by atoms with van der Waals surface area (Å²) in [6.07, 6.45) is 3.80. The van der Waals surface area contributed by atoms with E-state index in [1.54, 1.807) is 12.1 Å². The molecule has 2 aliphatic rings. The molecule has 1 aromatic carbocycles. The third kappa shape index (κ3) is 3.62. The van der Waals surface area contributed by atoms with E-state index in [2.05, 4.69) is 14.9 Å². The molecule has 1 aliphatic heterocycles. The first-order valence-corrected chi connectivity index (χ1v) is 8.45. The van der Waals surface area contributed by atoms with Gasteiger partial charge in [-0.15, -0.1) is 0 Å². The van der Waals surface area contributed by atoms with Crippen LogP contribution in [0.2, 0.25) is 0 Å². The highest BCUT2D eigenvalue weighted by Gasteiger charge is 2.34. The normalized spacial score (nSPS) is 23.8. The van der Waals surface area contributed by atoms with E-state index in [-0.39, 0.29) is 0 Å². The first-order valence-electron chi connectivity index (χ1n) is 6.91. The maximum atomic E-state index is 11.0. The first-order chi connectivity index (χ1) is 9.49. The number of nitrogens with one attached hydrogen (secondary N) is 2. The van der Waals surface area contributed by atoms with E-state index in [0.717, 1.165) is 31.2 Å². The fourth-order valence-corrected chi connectivity index (χ4v) is 3.20. The van der Waals surface area contributed by atoms with Crippen LogP contribution in [0.3, 0.4) is 0 Å². The number of nitrogens with zero attached hydrogens (tertiary/aromatic N) is 1. The lowest BCUT2D eigenvalue weighted by molar-refractivity contribution is 0.326. The quantitative estimate of drug-likeness (QED) is 0.755. The second kappa shape index (κ2) is 5.23. The van der Waals surface area contributed by atoms with E-state index >= 15 is 0 Å². The molecule has 20 heavy (non-hydrogen) atoms. The van der Waals surface area contributed by atoms with Gasteiger partial charge < -0.3 is 5.32 Å². The summed E-state index contributed by atoms with van der Waals surface area (Å²) in [5.41, 5.74) is 1.40. The Morgan fingerprint density at radius 1 is 1.20 bits per heavy atom. The van der Waals surface area contributed by atoms with Crippen molar-refractivity contribution in [2.75, 3.05) is 23.1 Å². The Morgan fingerprint density at radius 3 is 2.65 bits per heavy atom. The Balaban J connectivity index is 1.61. The third-order valence-corrected chi connectivity index (χ3v) is 4.30. The van der Waals surface area contributed by atoms with Crippen molar-refractivity contribution in [3.63, 3.8) is 0 Å². The van der Waals surface area contributed by atoms with Gasteiger partial charge in [0, 0.05) is 30.9 Å². The number of hydrogen-bond acceptors (Lipinski definition) is 4. The van der Waals surface area contributed by atoms with Crippen LogP contribution >= 0.6 is 0 Å². The molecule has 3 rings (SSSR count). The summed E-state index contributed by atoms with van der Waals surface area (Å²) in [5.74, 6) is 0. The van der Waals surface area contributed by atoms with Crippen LogP contribution in [0.4, 0.5) is 11.4 Å². The number of hydrogen-bond donors (Lipinski definition) is 3. The summed E-state index contributed by atoms with van der Waals surface area (Å²) in [6, 6.07) is 8.43. The lowest BCUT2D eigenvalue weighted by Crippen LogP contribution is -2.27. The molecular weight excluding hydrogens is 276 g/mol. The van der Waals surface area contributed by atoms with Gasteiger partial charge in [-0.2, -0.15) is 8.42 Å². The van der Waals surface area contributed by atoms with Gasteiger partial charge in [0.25, 0.3) is 10.2 Å². The number of anilines is 2. The third-order valence-electron chi connectivity index (χ3n) is 3.78. The van der Waals surface area contributed by atoms with Crippen molar-refractivity contribution < 1.29 is 8.42 Å². The number of likely N-dealkylation sites (tertiary alicyclic amines) is 1. The molecule has 1 aliphatic carbocycles. The molecule has 1 aromatic rings. The van der Waals surface area contributed by atoms with Gasteiger partial charge in [-0.3, -0.25) is 9.62 Å². The monoisotopic (exact) mass is 296 g/mol. The van der Waals surface area contributed by atoms with E-state index in [1.165, 1.54) is 12.8 Å². The molecule has 1 atom stereocenters. The zero-order valence-corrected chi connectivity index (χ0v) is 12.1. The van der Waals surface area contributed by atoms with Crippen molar-refractivity contribution >= 4 is 21.6 Å². The minimum atomic E-state index is -3.72. The van der Waals surface area contributed by atoms with Crippen LogP contribution in [0.25, 0.3) is 0 Å². The molecule has 0 spiro atoms. The molecule has 1 unspecified atom stereocenters. The van der Waals surface area contributed by atoms with Crippen LogP contribution in [0.5, 0.6) is 0 Å². The van der Waals surface area contributed by atoms with Gasteiger partial charge in [-0.05, 0) is 37.5 Å². The van der Waals surface area contributed by atoms with Crippen molar-refractivity contribution in [1.82, 2.24) is 4.90 Å². The molecule has 1 saturated carbocycles. The predicted octanol–water partition coefficient (Wildman–Crippen LogP) is 0.951. The molecule has 6 nitrogen and oxygen atoms in total. The Labute approximate surface area is 119 Å². The molecule has 0 bridgehead atoms. The van der Waals surface area contributed by atoms with Gasteiger partial charge in [-0.1, -0.05) is 6.07 Å². The highest BCUT2D eigenvalue weighted by Crippen LogP contribution is 2.30. The fraction of sp³-hybridized carbons (Fsp3) is 0.538. The maximum absolute atomic E-state index is 11.0. The molecule has 4 N–H and O–H groups in total. The van der Waals surface area contributed by atoms with Crippen molar-refractivity contribution in [1.29, 1.82) is 0 Å². The lowest BCUT2D eigenvalue weighted by Gasteiger charge is -2.17. The van der Waals surface area contributed by atoms with E-state index in [4.69, 9.17) is 5.14 Å². The van der Waals surface area contributed by atoms with Crippen molar-refractivity contribution in [2.45, 2.75) is 31.3 Å². The van der Waals surface area contributed by atoms with Crippen molar-refractivity contribution in [2.24, 2.45) is 5.14 Å². The second-order valence-electron chi connectivity index (χ2n) is 5.58. The zero-order valence-electron chi connectivity index (χ0n) is 11.2. The van der Waals surface area contributed by atoms with Crippen molar-refractivity contribution in [3.05, 3.63) is 24.3 Å². The van der Waals surface area contributed by atoms with Crippen LogP contribution in [-0.2, 0) is 10.2 Å². The van der Waals surface area contributed by atoms with Crippen molar-refractivity contribution in [3.8, 4) is 0 Å². The molecular formula is C13H20N4O2S. The summed E-state index contributed by atoms with van der Waals surface area (Å²) < 4.78 is 24.3. The highest BCUT2D eigenvalue weighted by atomic mass is 32.2. The van der Waals surface area contributed by atoms with E-state index in [0.29, 0.717) is 11.7 Å². The van der Waals surface area contributed by atoms with Crippen LogP contribution in [0.15, 0.2) is 24.3 Å². The molecule has 0 radical (unpaired) electrons. The van der Waals surface area contributed by atoms with Gasteiger partial charge in [0.2, 0.25) is 0 Å². The van der Waals surface area contributed by atoms with Crippen LogP contribution in [-0.4, -0.2) is 38.5 Å². The second-order valence-corrected chi connectivity index (χ2v) is 6.88. The topological polar surface area (TPSA) is 87.5 Å². The first kappa shape index (κ1) is 13.7. The Hall–Kier alpha value is -1.31. The summed E-state index contributed by atoms with van der Waals surface area (Å²) in [7, 11) is -3.72. The molecule has 7 heteroatoms. The van der Waals surface area contributed by atoms with E-state index in [1.807, 2.05) is 12.1 Å². The summed E-state index contributed by atoms with van der Waals surface area (Å²) in [6.45, 7) is 2.22. The standard InChI is InChI=1S/C13H20N4O2S/c14-20(18,19)16-11-3-1-2-10(8-11)15-12-6-7-17(9-12)13-4-5-13/h1-3,8,12-13,15-16H,4-7,9H2,(H2,14,18,19). The van der Waals surface area contributed by atoms with Gasteiger partial charge in [0.05, 0.1) is 5.69 Å². The van der Waals surface area contributed by atoms with Crippen LogP contribution in [0.1, 0.15) is 19.3 Å². The molecule has 0 amide bonds. The predicted molar refractivity (Wildman–Crippen MR) is 79.8 cm³/mol. The Kier molecular flexibility index (Phi) is 3.57. The molecule has 110 valence electrons. The van der Waals surface area contributed by atoms with Crippen LogP contribution < -0.4 is 15.2 Å². The van der Waals surface area contributed by atoms with Gasteiger partial charge >= 0.3 is 0 Å². The highest BCUT2D eigenvalue weighted by molar-refractivity contribution is 7.90. The maximum Gasteiger partial charge on any atom is 0.296 e. The van der Waals surface area contributed by atoms with E-state index in [9.17, 15) is 8.42 Å². The molecule has 1 saturated heterocycles. The minimum Gasteiger partial charge on any atom is -0.381 e. The van der Waals surface area contributed by atoms with Crippen LogP contribution in [0, 0.1) is 0 Å².